The molecule has 0 aliphatic rings. The van der Waals surface area contributed by atoms with E-state index < -0.39 is 0 Å². The van der Waals surface area contributed by atoms with Crippen molar-refractivity contribution in [1.29, 1.82) is 0 Å². The van der Waals surface area contributed by atoms with Gasteiger partial charge in [0, 0.05) is 14.9 Å². The third-order valence-corrected chi connectivity index (χ3v) is 5.03. The molecule has 0 amide bonds. The smallest absolute Gasteiger partial charge is 0.146 e. The SMILES string of the molecule is CCCNC(c1cccc(Cl)c1F)c1sccc1Br. The number of nitrogens with one attached hydrogen (secondary N) is 1. The molecule has 1 atom stereocenters. The summed E-state index contributed by atoms with van der Waals surface area (Å²) in [5.74, 6) is -0.349. The molecule has 0 saturated heterocycles. The molecule has 1 unspecified atom stereocenters. The summed E-state index contributed by atoms with van der Waals surface area (Å²) in [7, 11) is 0. The summed E-state index contributed by atoms with van der Waals surface area (Å²) in [5, 5.41) is 5.53. The average molecular weight is 363 g/mol. The van der Waals surface area contributed by atoms with Gasteiger partial charge in [-0.15, -0.1) is 11.3 Å². The van der Waals surface area contributed by atoms with Gasteiger partial charge in [-0.2, -0.15) is 0 Å². The Bertz CT molecular complexity index is 558. The van der Waals surface area contributed by atoms with Gasteiger partial charge in [0.05, 0.1) is 11.1 Å². The van der Waals surface area contributed by atoms with Crippen molar-refractivity contribution >= 4 is 38.9 Å². The van der Waals surface area contributed by atoms with E-state index in [1.807, 2.05) is 11.4 Å². The lowest BCUT2D eigenvalue weighted by atomic mass is 10.0. The van der Waals surface area contributed by atoms with Crippen LogP contribution in [0.2, 0.25) is 5.02 Å². The van der Waals surface area contributed by atoms with Crippen LogP contribution in [0, 0.1) is 5.82 Å². The molecule has 1 heterocycles. The summed E-state index contributed by atoms with van der Waals surface area (Å²) in [6.45, 7) is 2.91. The fraction of sp³-hybridized carbons (Fsp3) is 0.286. The van der Waals surface area contributed by atoms with Crippen molar-refractivity contribution in [3.63, 3.8) is 0 Å². The first-order chi connectivity index (χ1) is 9.15. The van der Waals surface area contributed by atoms with Crippen LogP contribution in [0.1, 0.15) is 29.8 Å². The van der Waals surface area contributed by atoms with Gasteiger partial charge in [-0.25, -0.2) is 4.39 Å². The maximum atomic E-state index is 14.2. The van der Waals surface area contributed by atoms with Crippen molar-refractivity contribution in [2.75, 3.05) is 6.54 Å². The van der Waals surface area contributed by atoms with E-state index in [0.717, 1.165) is 22.3 Å². The van der Waals surface area contributed by atoms with Crippen LogP contribution in [-0.4, -0.2) is 6.54 Å². The van der Waals surface area contributed by atoms with E-state index in [4.69, 9.17) is 11.6 Å². The number of hydrogen-bond donors (Lipinski definition) is 1. The fourth-order valence-electron chi connectivity index (χ4n) is 1.89. The molecule has 0 aliphatic carbocycles. The Labute approximate surface area is 129 Å². The van der Waals surface area contributed by atoms with Gasteiger partial charge in [0.15, 0.2) is 0 Å². The lowest BCUT2D eigenvalue weighted by molar-refractivity contribution is 0.550. The number of hydrogen-bond acceptors (Lipinski definition) is 2. The fourth-order valence-corrected chi connectivity index (χ4v) is 3.76. The molecule has 102 valence electrons. The molecule has 19 heavy (non-hydrogen) atoms. The average Bonchev–Trinajstić information content (AvgIpc) is 2.81. The number of halogens is 3. The Morgan fingerprint density at radius 3 is 2.84 bits per heavy atom. The molecule has 0 aliphatic heterocycles. The van der Waals surface area contributed by atoms with Gasteiger partial charge in [0.2, 0.25) is 0 Å². The maximum Gasteiger partial charge on any atom is 0.146 e. The lowest BCUT2D eigenvalue weighted by Gasteiger charge is -2.19. The number of benzene rings is 1. The van der Waals surface area contributed by atoms with Crippen LogP contribution in [0.5, 0.6) is 0 Å². The highest BCUT2D eigenvalue weighted by Crippen LogP contribution is 2.35. The Morgan fingerprint density at radius 2 is 2.21 bits per heavy atom. The molecule has 1 aromatic heterocycles. The van der Waals surface area contributed by atoms with Crippen LogP contribution >= 0.6 is 38.9 Å². The standard InChI is InChI=1S/C14H14BrClFNS/c1-2-7-18-13(14-10(15)6-8-19-14)9-4-3-5-11(16)12(9)17/h3-6,8,13,18H,2,7H2,1H3. The lowest BCUT2D eigenvalue weighted by Crippen LogP contribution is -2.23. The predicted octanol–water partition coefficient (Wildman–Crippen LogP) is 5.39. The summed E-state index contributed by atoms with van der Waals surface area (Å²) in [4.78, 5) is 1.06. The van der Waals surface area contributed by atoms with E-state index in [9.17, 15) is 4.39 Å². The third kappa shape index (κ3) is 3.37. The van der Waals surface area contributed by atoms with Crippen molar-refractivity contribution in [2.24, 2.45) is 0 Å². The van der Waals surface area contributed by atoms with Gasteiger partial charge in [0.25, 0.3) is 0 Å². The van der Waals surface area contributed by atoms with E-state index in [1.54, 1.807) is 29.5 Å². The van der Waals surface area contributed by atoms with Crippen LogP contribution in [-0.2, 0) is 0 Å². The number of rotatable bonds is 5. The van der Waals surface area contributed by atoms with Gasteiger partial charge in [0.1, 0.15) is 5.82 Å². The van der Waals surface area contributed by atoms with Crippen molar-refractivity contribution in [2.45, 2.75) is 19.4 Å². The summed E-state index contributed by atoms with van der Waals surface area (Å²) < 4.78 is 15.2. The van der Waals surface area contributed by atoms with E-state index >= 15 is 0 Å². The number of thiophene rings is 1. The predicted molar refractivity (Wildman–Crippen MR) is 83.6 cm³/mol. The van der Waals surface area contributed by atoms with Crippen LogP contribution in [0.15, 0.2) is 34.1 Å². The van der Waals surface area contributed by atoms with Gasteiger partial charge in [-0.1, -0.05) is 30.7 Å². The highest BCUT2D eigenvalue weighted by molar-refractivity contribution is 9.10. The van der Waals surface area contributed by atoms with Crippen LogP contribution in [0.4, 0.5) is 4.39 Å². The highest BCUT2D eigenvalue weighted by Gasteiger charge is 2.21. The van der Waals surface area contributed by atoms with Gasteiger partial charge < -0.3 is 5.32 Å². The monoisotopic (exact) mass is 361 g/mol. The minimum atomic E-state index is -0.349. The molecule has 2 aromatic rings. The summed E-state index contributed by atoms with van der Waals surface area (Å²) in [6.07, 6.45) is 0.988. The van der Waals surface area contributed by atoms with E-state index in [1.165, 1.54) is 0 Å². The quantitative estimate of drug-likeness (QED) is 0.751. The second-order valence-corrected chi connectivity index (χ2v) is 6.37. The largest absolute Gasteiger partial charge is 0.305 e. The summed E-state index contributed by atoms with van der Waals surface area (Å²) in [6, 6.07) is 6.93. The zero-order valence-electron chi connectivity index (χ0n) is 10.4. The molecule has 1 aromatic carbocycles. The molecule has 5 heteroatoms. The molecule has 1 N–H and O–H groups in total. The molecular weight excluding hydrogens is 349 g/mol. The first-order valence-corrected chi connectivity index (χ1v) is 8.10. The third-order valence-electron chi connectivity index (χ3n) is 2.80. The van der Waals surface area contributed by atoms with E-state index in [0.29, 0.717) is 5.56 Å². The minimum Gasteiger partial charge on any atom is -0.305 e. The molecule has 0 fully saturated rings. The molecule has 2 rings (SSSR count). The first-order valence-electron chi connectivity index (χ1n) is 6.05. The molecular formula is C14H14BrClFNS. The van der Waals surface area contributed by atoms with E-state index in [2.05, 4.69) is 28.2 Å². The molecule has 0 bridgehead atoms. The topological polar surface area (TPSA) is 12.0 Å². The van der Waals surface area contributed by atoms with Crippen LogP contribution < -0.4 is 5.32 Å². The minimum absolute atomic E-state index is 0.161. The Balaban J connectivity index is 2.43. The Kier molecular flexibility index (Phi) is 5.39. The van der Waals surface area contributed by atoms with Gasteiger partial charge in [-0.3, -0.25) is 0 Å². The van der Waals surface area contributed by atoms with Gasteiger partial charge >= 0.3 is 0 Å². The molecule has 0 saturated carbocycles. The second-order valence-electron chi connectivity index (χ2n) is 4.16. The van der Waals surface area contributed by atoms with Gasteiger partial charge in [-0.05, 0) is 46.4 Å². The van der Waals surface area contributed by atoms with Crippen molar-refractivity contribution < 1.29 is 4.39 Å². The molecule has 0 radical (unpaired) electrons. The van der Waals surface area contributed by atoms with Crippen molar-refractivity contribution in [1.82, 2.24) is 5.32 Å². The zero-order chi connectivity index (χ0) is 13.8. The van der Waals surface area contributed by atoms with Crippen molar-refractivity contribution in [3.8, 4) is 0 Å². The molecule has 1 nitrogen and oxygen atoms in total. The maximum absolute atomic E-state index is 14.2. The highest BCUT2D eigenvalue weighted by atomic mass is 79.9. The first kappa shape index (κ1) is 15.0. The van der Waals surface area contributed by atoms with Crippen LogP contribution in [0.25, 0.3) is 0 Å². The summed E-state index contributed by atoms with van der Waals surface area (Å²) >= 11 is 11.0. The van der Waals surface area contributed by atoms with E-state index in [-0.39, 0.29) is 16.9 Å². The van der Waals surface area contributed by atoms with Crippen molar-refractivity contribution in [3.05, 3.63) is 55.4 Å². The summed E-state index contributed by atoms with van der Waals surface area (Å²) in [5.41, 5.74) is 0.587. The van der Waals surface area contributed by atoms with Crippen LogP contribution in [0.3, 0.4) is 0 Å². The zero-order valence-corrected chi connectivity index (χ0v) is 13.6. The Morgan fingerprint density at radius 1 is 1.42 bits per heavy atom. The normalized spacial score (nSPS) is 12.6. The second kappa shape index (κ2) is 6.84. The molecule has 0 spiro atoms. The Hall–Kier alpha value is -0.420.